The predicted octanol–water partition coefficient (Wildman–Crippen LogP) is 4.05. The van der Waals surface area contributed by atoms with Crippen LogP contribution in [0.25, 0.3) is 0 Å². The van der Waals surface area contributed by atoms with Gasteiger partial charge in [-0.1, -0.05) is 30.3 Å². The third-order valence-corrected chi connectivity index (χ3v) is 5.38. The molecule has 0 aliphatic carbocycles. The van der Waals surface area contributed by atoms with Crippen LogP contribution in [0.1, 0.15) is 47.4 Å². The molecule has 0 radical (unpaired) electrons. The number of rotatable bonds is 9. The number of nitrogens with zero attached hydrogens (tertiary/aromatic N) is 1. The van der Waals surface area contributed by atoms with Crippen LogP contribution in [0, 0.1) is 5.92 Å². The summed E-state index contributed by atoms with van der Waals surface area (Å²) in [5.41, 5.74) is 7.50. The molecule has 162 valence electrons. The monoisotopic (exact) mass is 441 g/mol. The number of unbranched alkanes of at least 4 members (excludes halogenated alkanes) is 1. The molecule has 3 N–H and O–H groups in total. The summed E-state index contributed by atoms with van der Waals surface area (Å²) in [4.78, 5) is 14.6. The van der Waals surface area contributed by atoms with Crippen molar-refractivity contribution in [2.45, 2.75) is 38.6 Å². The Bertz CT molecular complexity index is 701. The number of amides is 1. The highest BCUT2D eigenvalue weighted by Crippen LogP contribution is 2.21. The zero-order valence-electron chi connectivity index (χ0n) is 16.8. The van der Waals surface area contributed by atoms with E-state index in [1.165, 1.54) is 44.2 Å². The summed E-state index contributed by atoms with van der Waals surface area (Å²) >= 11 is 0. The van der Waals surface area contributed by atoms with Crippen LogP contribution in [0.3, 0.4) is 0 Å². The van der Waals surface area contributed by atoms with Gasteiger partial charge in [-0.25, -0.2) is 0 Å². The number of piperidine rings is 1. The molecule has 0 spiro atoms. The van der Waals surface area contributed by atoms with E-state index < -0.39 is 0 Å². The third-order valence-electron chi connectivity index (χ3n) is 5.38. The van der Waals surface area contributed by atoms with Crippen molar-refractivity contribution in [3.05, 3.63) is 59.5 Å². The number of likely N-dealkylation sites (tertiary alicyclic amines) is 1. The fraction of sp³-hybridized carbons (Fsp3) is 0.500. The summed E-state index contributed by atoms with van der Waals surface area (Å²) < 4.78 is 5.20. The highest BCUT2D eigenvalue weighted by Gasteiger charge is 2.19. The lowest BCUT2D eigenvalue weighted by atomic mass is 9.90. The fourth-order valence-electron chi connectivity index (χ4n) is 3.73. The number of hydrogen-bond donors (Lipinski definition) is 2. The van der Waals surface area contributed by atoms with Crippen LogP contribution in [0.2, 0.25) is 0 Å². The van der Waals surface area contributed by atoms with Crippen molar-refractivity contribution in [2.75, 3.05) is 26.2 Å². The molecule has 0 unspecified atom stereocenters. The molecule has 1 aliphatic heterocycles. The van der Waals surface area contributed by atoms with E-state index in [1.54, 1.807) is 6.07 Å². The summed E-state index contributed by atoms with van der Waals surface area (Å²) in [5.74, 6) is 1.37. The zero-order chi connectivity index (χ0) is 18.9. The SMILES string of the molecule is Cl.Cl.NCc1cc(C(=O)NCCCCN2CCC(Cc3ccccc3)CC2)co1. The van der Waals surface area contributed by atoms with E-state index in [-0.39, 0.29) is 30.7 Å². The Labute approximate surface area is 186 Å². The molecule has 0 saturated carbocycles. The van der Waals surface area contributed by atoms with Gasteiger partial charge in [0, 0.05) is 6.54 Å². The smallest absolute Gasteiger partial charge is 0.254 e. The molecule has 7 heteroatoms. The molecule has 1 aliphatic rings. The first-order valence-electron chi connectivity index (χ1n) is 10.1. The minimum Gasteiger partial charge on any atom is -0.467 e. The maximum absolute atomic E-state index is 12.0. The first-order chi connectivity index (χ1) is 13.2. The first-order valence-corrected chi connectivity index (χ1v) is 10.1. The second-order valence-electron chi connectivity index (χ2n) is 7.44. The Hall–Kier alpha value is -1.53. The average Bonchev–Trinajstić information content (AvgIpc) is 3.19. The standard InChI is InChI=1S/C22H31N3O2.2ClH/c23-16-21-15-20(17-27-21)22(26)24-10-4-5-11-25-12-8-19(9-13-25)14-18-6-2-1-3-7-18;;/h1-3,6-7,15,17,19H,4-5,8-14,16,23H2,(H,24,26);2*1H. The van der Waals surface area contributed by atoms with Crippen molar-refractivity contribution in [2.24, 2.45) is 11.7 Å². The van der Waals surface area contributed by atoms with Crippen LogP contribution < -0.4 is 11.1 Å². The van der Waals surface area contributed by atoms with E-state index in [2.05, 4.69) is 40.5 Å². The molecule has 3 rings (SSSR count). The number of halogens is 2. The summed E-state index contributed by atoms with van der Waals surface area (Å²) in [5, 5.41) is 2.95. The van der Waals surface area contributed by atoms with Crippen LogP contribution in [0.4, 0.5) is 0 Å². The number of carbonyl (C=O) groups excluding carboxylic acids is 1. The van der Waals surface area contributed by atoms with Crippen LogP contribution in [-0.4, -0.2) is 37.0 Å². The molecule has 5 nitrogen and oxygen atoms in total. The van der Waals surface area contributed by atoms with Crippen molar-refractivity contribution in [3.63, 3.8) is 0 Å². The Morgan fingerprint density at radius 2 is 1.86 bits per heavy atom. The summed E-state index contributed by atoms with van der Waals surface area (Å²) in [6.07, 6.45) is 7.36. The minimum atomic E-state index is -0.0832. The Balaban J connectivity index is 0.00000210. The number of nitrogens with one attached hydrogen (secondary N) is 1. The molecule has 1 saturated heterocycles. The summed E-state index contributed by atoms with van der Waals surface area (Å²) in [6, 6.07) is 12.5. The van der Waals surface area contributed by atoms with Crippen molar-refractivity contribution in [3.8, 4) is 0 Å². The Morgan fingerprint density at radius 3 is 2.52 bits per heavy atom. The highest BCUT2D eigenvalue weighted by atomic mass is 35.5. The Morgan fingerprint density at radius 1 is 1.14 bits per heavy atom. The molecule has 1 aromatic carbocycles. The lowest BCUT2D eigenvalue weighted by Crippen LogP contribution is -2.35. The van der Waals surface area contributed by atoms with Gasteiger partial charge in [-0.15, -0.1) is 24.8 Å². The quantitative estimate of drug-likeness (QED) is 0.575. The number of nitrogens with two attached hydrogens (primary N) is 1. The molecule has 2 aromatic rings. The third kappa shape index (κ3) is 8.39. The molecule has 0 bridgehead atoms. The molecular formula is C22H33Cl2N3O2. The van der Waals surface area contributed by atoms with Gasteiger partial charge in [0.15, 0.2) is 0 Å². The minimum absolute atomic E-state index is 0. The largest absolute Gasteiger partial charge is 0.467 e. The molecule has 1 fully saturated rings. The fourth-order valence-corrected chi connectivity index (χ4v) is 3.73. The molecule has 29 heavy (non-hydrogen) atoms. The van der Waals surface area contributed by atoms with Crippen molar-refractivity contribution in [1.29, 1.82) is 0 Å². The average molecular weight is 442 g/mol. The van der Waals surface area contributed by atoms with Gasteiger partial charge in [0.1, 0.15) is 12.0 Å². The van der Waals surface area contributed by atoms with Gasteiger partial charge >= 0.3 is 0 Å². The van der Waals surface area contributed by atoms with Crippen LogP contribution in [0.5, 0.6) is 0 Å². The molecule has 2 heterocycles. The lowest BCUT2D eigenvalue weighted by molar-refractivity contribution is 0.0951. The van der Waals surface area contributed by atoms with E-state index in [9.17, 15) is 4.79 Å². The van der Waals surface area contributed by atoms with Gasteiger partial charge in [-0.2, -0.15) is 0 Å². The van der Waals surface area contributed by atoms with E-state index in [4.69, 9.17) is 10.2 Å². The summed E-state index contributed by atoms with van der Waals surface area (Å²) in [6.45, 7) is 4.53. The zero-order valence-corrected chi connectivity index (χ0v) is 18.5. The van der Waals surface area contributed by atoms with Gasteiger partial charge in [0.25, 0.3) is 5.91 Å². The van der Waals surface area contributed by atoms with Crippen LogP contribution in [0.15, 0.2) is 47.1 Å². The number of furan rings is 1. The Kier molecular flexibility index (Phi) is 12.0. The molecular weight excluding hydrogens is 409 g/mol. The maximum atomic E-state index is 12.0. The lowest BCUT2D eigenvalue weighted by Gasteiger charge is -2.32. The van der Waals surface area contributed by atoms with Crippen molar-refractivity contribution >= 4 is 30.7 Å². The molecule has 1 amide bonds. The van der Waals surface area contributed by atoms with Gasteiger partial charge < -0.3 is 20.4 Å². The maximum Gasteiger partial charge on any atom is 0.254 e. The number of carbonyl (C=O) groups is 1. The second-order valence-corrected chi connectivity index (χ2v) is 7.44. The van der Waals surface area contributed by atoms with Crippen LogP contribution >= 0.6 is 24.8 Å². The van der Waals surface area contributed by atoms with Gasteiger partial charge in [-0.05, 0) is 69.3 Å². The van der Waals surface area contributed by atoms with Gasteiger partial charge in [-0.3, -0.25) is 4.79 Å². The van der Waals surface area contributed by atoms with Gasteiger partial charge in [0.05, 0.1) is 12.1 Å². The highest BCUT2D eigenvalue weighted by molar-refractivity contribution is 5.93. The summed E-state index contributed by atoms with van der Waals surface area (Å²) in [7, 11) is 0. The predicted molar refractivity (Wildman–Crippen MR) is 122 cm³/mol. The first kappa shape index (κ1) is 25.5. The van der Waals surface area contributed by atoms with Gasteiger partial charge in [0.2, 0.25) is 0 Å². The number of hydrogen-bond acceptors (Lipinski definition) is 4. The van der Waals surface area contributed by atoms with E-state index >= 15 is 0 Å². The van der Waals surface area contributed by atoms with E-state index in [1.807, 2.05) is 0 Å². The molecule has 1 aromatic heterocycles. The van der Waals surface area contributed by atoms with Crippen LogP contribution in [-0.2, 0) is 13.0 Å². The van der Waals surface area contributed by atoms with Crippen molar-refractivity contribution in [1.82, 2.24) is 10.2 Å². The van der Waals surface area contributed by atoms with E-state index in [0.29, 0.717) is 24.4 Å². The van der Waals surface area contributed by atoms with E-state index in [0.717, 1.165) is 25.3 Å². The van der Waals surface area contributed by atoms with Crippen molar-refractivity contribution < 1.29 is 9.21 Å². The second kappa shape index (κ2) is 13.6. The molecule has 0 atom stereocenters. The topological polar surface area (TPSA) is 71.5 Å². The number of benzene rings is 1. The normalized spacial score (nSPS) is 14.7.